The maximum atomic E-state index is 12.5. The zero-order valence-corrected chi connectivity index (χ0v) is 10.1. The molecular formula is C12H21F3N2. The van der Waals surface area contributed by atoms with E-state index < -0.39 is 12.1 Å². The lowest BCUT2D eigenvalue weighted by Gasteiger charge is -2.37. The Labute approximate surface area is 101 Å². The molecule has 2 saturated heterocycles. The number of rotatable bonds is 1. The van der Waals surface area contributed by atoms with Gasteiger partial charge in [0.1, 0.15) is 0 Å². The minimum atomic E-state index is -3.99. The minimum absolute atomic E-state index is 0.285. The van der Waals surface area contributed by atoms with E-state index in [-0.39, 0.29) is 12.8 Å². The van der Waals surface area contributed by atoms with Gasteiger partial charge in [-0.15, -0.1) is 0 Å². The van der Waals surface area contributed by atoms with E-state index >= 15 is 0 Å². The van der Waals surface area contributed by atoms with Crippen molar-refractivity contribution in [2.75, 3.05) is 26.2 Å². The molecular weight excluding hydrogens is 229 g/mol. The predicted octanol–water partition coefficient (Wildman–Crippen LogP) is 2.40. The van der Waals surface area contributed by atoms with E-state index in [2.05, 4.69) is 10.2 Å². The van der Waals surface area contributed by atoms with Crippen molar-refractivity contribution in [3.8, 4) is 0 Å². The second-order valence-corrected chi connectivity index (χ2v) is 5.19. The van der Waals surface area contributed by atoms with Gasteiger partial charge in [0.15, 0.2) is 0 Å². The third kappa shape index (κ3) is 3.58. The highest BCUT2D eigenvalue weighted by Crippen LogP contribution is 2.35. The Balaban J connectivity index is 1.81. The van der Waals surface area contributed by atoms with E-state index in [1.54, 1.807) is 0 Å². The molecule has 100 valence electrons. The van der Waals surface area contributed by atoms with Crippen LogP contribution < -0.4 is 5.32 Å². The molecule has 0 bridgehead atoms. The number of nitrogens with one attached hydrogen (secondary N) is 1. The lowest BCUT2D eigenvalue weighted by Crippen LogP contribution is -2.44. The second-order valence-electron chi connectivity index (χ2n) is 5.19. The van der Waals surface area contributed by atoms with Gasteiger partial charge in [0, 0.05) is 6.04 Å². The van der Waals surface area contributed by atoms with E-state index in [1.807, 2.05) is 0 Å². The van der Waals surface area contributed by atoms with E-state index in [9.17, 15) is 13.2 Å². The van der Waals surface area contributed by atoms with Crippen molar-refractivity contribution in [3.05, 3.63) is 0 Å². The standard InChI is InChI=1S/C12H21F3N2/c13-12(14,15)10-4-8-17(9-5-10)11-2-1-6-16-7-3-11/h10-11,16H,1-9H2. The van der Waals surface area contributed by atoms with Gasteiger partial charge in [-0.25, -0.2) is 0 Å². The molecule has 1 atom stereocenters. The molecule has 0 aromatic heterocycles. The summed E-state index contributed by atoms with van der Waals surface area (Å²) in [6.45, 7) is 3.29. The van der Waals surface area contributed by atoms with Gasteiger partial charge in [0.25, 0.3) is 0 Å². The molecule has 0 saturated carbocycles. The Morgan fingerprint density at radius 2 is 1.65 bits per heavy atom. The lowest BCUT2D eigenvalue weighted by molar-refractivity contribution is -0.186. The fourth-order valence-corrected chi connectivity index (χ4v) is 2.96. The molecule has 0 amide bonds. The number of likely N-dealkylation sites (tertiary alicyclic amines) is 1. The van der Waals surface area contributed by atoms with Gasteiger partial charge >= 0.3 is 6.18 Å². The first-order valence-electron chi connectivity index (χ1n) is 6.59. The van der Waals surface area contributed by atoms with Gasteiger partial charge in [-0.2, -0.15) is 13.2 Å². The summed E-state index contributed by atoms with van der Waals surface area (Å²) in [6, 6.07) is 0.499. The summed E-state index contributed by atoms with van der Waals surface area (Å²) in [5.74, 6) is -1.07. The number of hydrogen-bond donors (Lipinski definition) is 1. The largest absolute Gasteiger partial charge is 0.391 e. The highest BCUT2D eigenvalue weighted by Gasteiger charge is 2.41. The summed E-state index contributed by atoms with van der Waals surface area (Å²) in [5.41, 5.74) is 0. The smallest absolute Gasteiger partial charge is 0.317 e. The first-order valence-corrected chi connectivity index (χ1v) is 6.59. The summed E-state index contributed by atoms with van der Waals surface area (Å²) in [5, 5.41) is 3.34. The molecule has 0 aromatic carbocycles. The summed E-state index contributed by atoms with van der Waals surface area (Å²) >= 11 is 0. The molecule has 1 N–H and O–H groups in total. The van der Waals surface area contributed by atoms with Crippen LogP contribution in [0.25, 0.3) is 0 Å². The Morgan fingerprint density at radius 3 is 2.29 bits per heavy atom. The van der Waals surface area contributed by atoms with Crippen LogP contribution in [0.4, 0.5) is 13.2 Å². The van der Waals surface area contributed by atoms with Gasteiger partial charge in [0.05, 0.1) is 5.92 Å². The summed E-state index contributed by atoms with van der Waals surface area (Å²) in [7, 11) is 0. The van der Waals surface area contributed by atoms with Crippen molar-refractivity contribution in [1.82, 2.24) is 10.2 Å². The molecule has 0 spiro atoms. The average molecular weight is 250 g/mol. The first-order chi connectivity index (χ1) is 8.07. The van der Waals surface area contributed by atoms with E-state index in [4.69, 9.17) is 0 Å². The quantitative estimate of drug-likeness (QED) is 0.768. The van der Waals surface area contributed by atoms with Gasteiger partial charge in [0.2, 0.25) is 0 Å². The van der Waals surface area contributed by atoms with Gasteiger partial charge in [-0.1, -0.05) is 0 Å². The zero-order valence-electron chi connectivity index (χ0n) is 10.1. The third-order valence-corrected chi connectivity index (χ3v) is 4.05. The first kappa shape index (κ1) is 13.1. The van der Waals surface area contributed by atoms with Gasteiger partial charge < -0.3 is 10.2 Å². The number of piperidine rings is 1. The van der Waals surface area contributed by atoms with Crippen molar-refractivity contribution in [2.45, 2.75) is 44.3 Å². The molecule has 5 heteroatoms. The monoisotopic (exact) mass is 250 g/mol. The summed E-state index contributed by atoms with van der Waals surface area (Å²) in [6.07, 6.45) is -0.0673. The van der Waals surface area contributed by atoms with Crippen molar-refractivity contribution in [1.29, 1.82) is 0 Å². The number of alkyl halides is 3. The molecule has 2 heterocycles. The van der Waals surface area contributed by atoms with Gasteiger partial charge in [-0.05, 0) is 58.3 Å². The van der Waals surface area contributed by atoms with Crippen LogP contribution in [0.5, 0.6) is 0 Å². The highest BCUT2D eigenvalue weighted by molar-refractivity contribution is 4.83. The SMILES string of the molecule is FC(F)(F)C1CCN(C2CCCNCC2)CC1. The zero-order chi connectivity index (χ0) is 12.3. The molecule has 2 aliphatic heterocycles. The Hall–Kier alpha value is -0.290. The molecule has 1 unspecified atom stereocenters. The predicted molar refractivity (Wildman–Crippen MR) is 60.9 cm³/mol. The third-order valence-electron chi connectivity index (χ3n) is 4.05. The summed E-state index contributed by atoms with van der Waals surface area (Å²) in [4.78, 5) is 2.27. The molecule has 2 fully saturated rings. The normalized spacial score (nSPS) is 30.2. The van der Waals surface area contributed by atoms with Crippen LogP contribution in [0.1, 0.15) is 32.1 Å². The lowest BCUT2D eigenvalue weighted by atomic mass is 9.94. The fraction of sp³-hybridized carbons (Fsp3) is 1.00. The Kier molecular flexibility index (Phi) is 4.31. The fourth-order valence-electron chi connectivity index (χ4n) is 2.96. The van der Waals surface area contributed by atoms with Crippen molar-refractivity contribution in [2.24, 2.45) is 5.92 Å². The van der Waals surface area contributed by atoms with E-state index in [1.165, 1.54) is 0 Å². The second kappa shape index (κ2) is 5.57. The maximum absolute atomic E-state index is 12.5. The molecule has 2 rings (SSSR count). The van der Waals surface area contributed by atoms with Crippen LogP contribution >= 0.6 is 0 Å². The van der Waals surface area contributed by atoms with Gasteiger partial charge in [-0.3, -0.25) is 0 Å². The van der Waals surface area contributed by atoms with E-state index in [0.717, 1.165) is 32.4 Å². The number of hydrogen-bond acceptors (Lipinski definition) is 2. The molecule has 0 aliphatic carbocycles. The average Bonchev–Trinajstić information content (AvgIpc) is 2.56. The molecule has 2 aliphatic rings. The van der Waals surface area contributed by atoms with Crippen molar-refractivity contribution >= 4 is 0 Å². The number of halogens is 3. The van der Waals surface area contributed by atoms with Crippen molar-refractivity contribution < 1.29 is 13.2 Å². The molecule has 0 aromatic rings. The number of nitrogens with zero attached hydrogens (tertiary/aromatic N) is 1. The molecule has 2 nitrogen and oxygen atoms in total. The van der Waals surface area contributed by atoms with Crippen LogP contribution in [-0.4, -0.2) is 43.3 Å². The minimum Gasteiger partial charge on any atom is -0.317 e. The molecule has 0 radical (unpaired) electrons. The Morgan fingerprint density at radius 1 is 0.941 bits per heavy atom. The van der Waals surface area contributed by atoms with Crippen LogP contribution in [0.2, 0.25) is 0 Å². The molecule has 17 heavy (non-hydrogen) atoms. The van der Waals surface area contributed by atoms with E-state index in [0.29, 0.717) is 19.1 Å². The van der Waals surface area contributed by atoms with Crippen LogP contribution in [0.15, 0.2) is 0 Å². The van der Waals surface area contributed by atoms with Crippen molar-refractivity contribution in [3.63, 3.8) is 0 Å². The van der Waals surface area contributed by atoms with Crippen LogP contribution in [0, 0.1) is 5.92 Å². The highest BCUT2D eigenvalue weighted by atomic mass is 19.4. The Bertz CT molecular complexity index is 226. The maximum Gasteiger partial charge on any atom is 0.391 e. The van der Waals surface area contributed by atoms with Crippen LogP contribution in [0.3, 0.4) is 0 Å². The van der Waals surface area contributed by atoms with Crippen LogP contribution in [-0.2, 0) is 0 Å². The topological polar surface area (TPSA) is 15.3 Å². The summed E-state index contributed by atoms with van der Waals surface area (Å²) < 4.78 is 37.6.